The van der Waals surface area contributed by atoms with Crippen LogP contribution in [0, 0.1) is 0 Å². The number of phosphoric acid groups is 3. The maximum Gasteiger partial charge on any atom is 0.478 e. The molecule has 0 spiro atoms. The molecule has 1 saturated heterocycles. The average molecular weight is 563 g/mol. The predicted molar refractivity (Wildman–Crippen MR) is 103 cm³/mol. The fourth-order valence-electron chi connectivity index (χ4n) is 2.18. The molecule has 1 aromatic rings. The number of anilines is 1. The van der Waals surface area contributed by atoms with E-state index in [2.05, 4.69) is 18.1 Å². The second-order valence-electron chi connectivity index (χ2n) is 5.43. The Labute approximate surface area is 228 Å². The molecule has 33 heavy (non-hydrogen) atoms. The molecule has 1 aliphatic heterocycles. The molecular formula is C9H18N3Na2O16P3-2. The quantitative estimate of drug-likeness (QED) is 0.145. The Balaban J connectivity index is -0.00000225. The third-order valence-electron chi connectivity index (χ3n) is 3.27. The first-order valence-electron chi connectivity index (χ1n) is 7.21. The minimum atomic E-state index is -6.03. The Morgan fingerprint density at radius 3 is 2.15 bits per heavy atom. The van der Waals surface area contributed by atoms with Crippen LogP contribution >= 0.6 is 23.5 Å². The molecule has 7 atom stereocenters. The number of nitrogens with zero attached hydrogens (tertiary/aromatic N) is 2. The molecule has 3 unspecified atom stereocenters. The van der Waals surface area contributed by atoms with E-state index in [0.717, 1.165) is 10.8 Å². The molecule has 0 aliphatic carbocycles. The number of nitrogens with two attached hydrogens (primary N) is 1. The van der Waals surface area contributed by atoms with Gasteiger partial charge in [0.1, 0.15) is 24.1 Å². The summed E-state index contributed by atoms with van der Waals surface area (Å²) in [5.41, 5.74) is 4.37. The van der Waals surface area contributed by atoms with Crippen LogP contribution in [0.15, 0.2) is 17.1 Å². The van der Waals surface area contributed by atoms with Crippen LogP contribution in [0.3, 0.4) is 0 Å². The van der Waals surface area contributed by atoms with Gasteiger partial charge in [0, 0.05) is 65.3 Å². The van der Waals surface area contributed by atoms with Crippen molar-refractivity contribution < 1.29 is 72.3 Å². The van der Waals surface area contributed by atoms with E-state index in [1.165, 1.54) is 6.07 Å². The molecule has 2 radical (unpaired) electrons. The van der Waals surface area contributed by atoms with E-state index in [9.17, 15) is 43.4 Å². The van der Waals surface area contributed by atoms with Gasteiger partial charge in [-0.15, -0.1) is 0 Å². The topological polar surface area (TPSA) is 339 Å². The van der Waals surface area contributed by atoms with Crippen molar-refractivity contribution in [2.24, 2.45) is 0 Å². The van der Waals surface area contributed by atoms with Crippen molar-refractivity contribution in [3.8, 4) is 0 Å². The van der Waals surface area contributed by atoms with E-state index < -0.39 is 60.3 Å². The predicted octanol–water partition coefficient (Wildman–Crippen LogP) is -5.89. The van der Waals surface area contributed by atoms with Gasteiger partial charge in [-0.05, 0) is 6.07 Å². The number of nitrogen functional groups attached to an aromatic ring is 1. The second-order valence-corrected chi connectivity index (χ2v) is 9.77. The number of aromatic nitrogens is 2. The molecule has 1 aromatic heterocycles. The first-order chi connectivity index (χ1) is 13.1. The van der Waals surface area contributed by atoms with E-state index in [1.54, 1.807) is 0 Å². The maximum absolute atomic E-state index is 11.8. The van der Waals surface area contributed by atoms with E-state index in [1.807, 2.05) is 0 Å². The molecule has 1 fully saturated rings. The van der Waals surface area contributed by atoms with Crippen LogP contribution < -0.4 is 21.2 Å². The van der Waals surface area contributed by atoms with Crippen molar-refractivity contribution >= 4 is 88.4 Å². The fraction of sp³-hybridized carbons (Fsp3) is 0.556. The van der Waals surface area contributed by atoms with Crippen LogP contribution in [0.4, 0.5) is 5.82 Å². The molecule has 10 N–H and O–H groups in total. The van der Waals surface area contributed by atoms with Crippen LogP contribution in [0.25, 0.3) is 0 Å². The number of hydrogen-bond acceptors (Lipinski definition) is 14. The standard InChI is InChI=1S/C9H16N3O14P3.2Na.2H2O/c10-5-1-2-12(9(15)11-5)8-7(14)6(13)4(24-8)3-23-28(19,20)26-29(21,22)25-27(16,17)18;;;;/h1-2,4,6-8,13-14H,3H2,(H,19,20)(H,21,22)(H2,10,11,15)(H2,16,17,18);;;2*1H2/p-2/t4-,6-,7-,8-;;;;/m1..../s1. The van der Waals surface area contributed by atoms with Crippen LogP contribution in [0.5, 0.6) is 0 Å². The Hall–Kier alpha value is 0.890. The minimum absolute atomic E-state index is 0. The zero-order valence-corrected chi connectivity index (χ0v) is 23.5. The first-order valence-corrected chi connectivity index (χ1v) is 11.7. The van der Waals surface area contributed by atoms with Crippen molar-refractivity contribution in [1.29, 1.82) is 0 Å². The monoisotopic (exact) mass is 563 g/mol. The van der Waals surface area contributed by atoms with E-state index in [4.69, 9.17) is 15.4 Å². The van der Waals surface area contributed by atoms with Gasteiger partial charge in [0.25, 0.3) is 15.6 Å². The molecule has 19 nitrogen and oxygen atoms in total. The number of rotatable bonds is 8. The number of aliphatic hydroxyl groups excluding tert-OH is 2. The van der Waals surface area contributed by atoms with Crippen molar-refractivity contribution in [2.75, 3.05) is 12.3 Å². The average Bonchev–Trinajstić information content (AvgIpc) is 2.78. The first kappa shape index (κ1) is 38.4. The van der Waals surface area contributed by atoms with Gasteiger partial charge in [0.2, 0.25) is 0 Å². The third-order valence-corrected chi connectivity index (χ3v) is 7.00. The van der Waals surface area contributed by atoms with Gasteiger partial charge in [0.15, 0.2) is 6.23 Å². The molecule has 24 heteroatoms. The SMILES string of the molecule is Nc1ccn([C@@H]2O[C@H](COP(=O)(O)OP(=O)([O-])OP(=O)([O-])O)[C@@H](O)[C@H]2O)c(=O)n1.O.O.[Na].[Na]. The molecule has 2 rings (SSSR count). The Kier molecular flexibility index (Phi) is 17.0. The van der Waals surface area contributed by atoms with Gasteiger partial charge in [0.05, 0.1) is 6.61 Å². The third kappa shape index (κ3) is 11.7. The number of aliphatic hydroxyl groups is 2. The zero-order chi connectivity index (χ0) is 22.2. The van der Waals surface area contributed by atoms with Gasteiger partial charge in [-0.2, -0.15) is 4.98 Å². The summed E-state index contributed by atoms with van der Waals surface area (Å²) in [6, 6.07) is 1.19. The maximum atomic E-state index is 11.8. The summed E-state index contributed by atoms with van der Waals surface area (Å²) >= 11 is 0. The number of hydrogen-bond donors (Lipinski definition) is 5. The summed E-state index contributed by atoms with van der Waals surface area (Å²) in [6.07, 6.45) is -5.50. The summed E-state index contributed by atoms with van der Waals surface area (Å²) in [5, 5.41) is 19.9. The van der Waals surface area contributed by atoms with E-state index in [0.29, 0.717) is 0 Å². The summed E-state index contributed by atoms with van der Waals surface area (Å²) in [5.74, 6) is -0.132. The number of ether oxygens (including phenoxy) is 1. The Morgan fingerprint density at radius 1 is 1.12 bits per heavy atom. The van der Waals surface area contributed by atoms with Crippen molar-refractivity contribution in [1.82, 2.24) is 9.55 Å². The zero-order valence-electron chi connectivity index (χ0n) is 16.9. The molecule has 184 valence electrons. The molecule has 0 aromatic carbocycles. The Morgan fingerprint density at radius 2 is 1.67 bits per heavy atom. The Bertz CT molecular complexity index is 959. The fourth-order valence-corrected chi connectivity index (χ4v) is 5.11. The van der Waals surface area contributed by atoms with Gasteiger partial charge < -0.3 is 51.2 Å². The van der Waals surface area contributed by atoms with E-state index >= 15 is 0 Å². The van der Waals surface area contributed by atoms with Gasteiger partial charge >= 0.3 is 13.5 Å². The molecular weight excluding hydrogens is 545 g/mol. The number of phosphoric ester groups is 1. The molecule has 0 bridgehead atoms. The largest absolute Gasteiger partial charge is 0.756 e. The van der Waals surface area contributed by atoms with Crippen molar-refractivity contribution in [2.45, 2.75) is 24.5 Å². The smallest absolute Gasteiger partial charge is 0.478 e. The van der Waals surface area contributed by atoms with E-state index in [-0.39, 0.29) is 75.9 Å². The summed E-state index contributed by atoms with van der Waals surface area (Å²) in [6.45, 7) is -1.06. The molecule has 0 amide bonds. The van der Waals surface area contributed by atoms with Gasteiger partial charge in [-0.1, -0.05) is 0 Å². The minimum Gasteiger partial charge on any atom is -0.756 e. The van der Waals surface area contributed by atoms with Crippen molar-refractivity contribution in [3.05, 3.63) is 22.7 Å². The van der Waals surface area contributed by atoms with Gasteiger partial charge in [-0.3, -0.25) is 18.2 Å². The second kappa shape index (κ2) is 14.6. The molecule has 2 heterocycles. The van der Waals surface area contributed by atoms with Crippen LogP contribution in [-0.4, -0.2) is 125 Å². The molecule has 0 saturated carbocycles. The van der Waals surface area contributed by atoms with Gasteiger partial charge in [-0.25, -0.2) is 18.0 Å². The normalized spacial score (nSPS) is 27.2. The summed E-state index contributed by atoms with van der Waals surface area (Å²) in [7, 11) is -17.4. The summed E-state index contributed by atoms with van der Waals surface area (Å²) < 4.78 is 49.9. The van der Waals surface area contributed by atoms with Crippen molar-refractivity contribution in [3.63, 3.8) is 0 Å². The van der Waals surface area contributed by atoms with Crippen LogP contribution in [0.1, 0.15) is 6.23 Å². The molecule has 1 aliphatic rings. The summed E-state index contributed by atoms with van der Waals surface area (Å²) in [4.78, 5) is 54.3. The van der Waals surface area contributed by atoms with Crippen LogP contribution in [0.2, 0.25) is 0 Å². The van der Waals surface area contributed by atoms with Crippen LogP contribution in [-0.2, 0) is 31.6 Å².